The highest BCUT2D eigenvalue weighted by atomic mass is 16.4. The standard InChI is InChI=1S/C13H11N3O3/c17-11-6-10(13(18)19)15-12(16-11)9-5-8(3-4-14-9)7-1-2-7/h3-7H,1-2H2,(H,18,19)(H,15,16,17). The Labute approximate surface area is 108 Å². The Kier molecular flexibility index (Phi) is 2.63. The van der Waals surface area contributed by atoms with Crippen molar-refractivity contribution in [3.63, 3.8) is 0 Å². The number of nitrogens with zero attached hydrogens (tertiary/aromatic N) is 2. The molecule has 0 aromatic carbocycles. The van der Waals surface area contributed by atoms with Crippen LogP contribution in [0, 0.1) is 0 Å². The number of carbonyl (C=O) groups is 1. The fourth-order valence-corrected chi connectivity index (χ4v) is 1.94. The fraction of sp³-hybridized carbons (Fsp3) is 0.231. The van der Waals surface area contributed by atoms with E-state index >= 15 is 0 Å². The Morgan fingerprint density at radius 1 is 1.37 bits per heavy atom. The molecule has 2 aromatic heterocycles. The van der Waals surface area contributed by atoms with Gasteiger partial charge in [-0.15, -0.1) is 0 Å². The number of aromatic amines is 1. The lowest BCUT2D eigenvalue weighted by molar-refractivity contribution is 0.0690. The number of rotatable bonds is 3. The number of hydrogen-bond donors (Lipinski definition) is 2. The minimum absolute atomic E-state index is 0.187. The van der Waals surface area contributed by atoms with Crippen molar-refractivity contribution in [1.29, 1.82) is 0 Å². The van der Waals surface area contributed by atoms with Crippen LogP contribution in [-0.4, -0.2) is 26.0 Å². The minimum Gasteiger partial charge on any atom is -0.477 e. The van der Waals surface area contributed by atoms with E-state index in [1.54, 1.807) is 6.20 Å². The lowest BCUT2D eigenvalue weighted by Crippen LogP contribution is -2.14. The van der Waals surface area contributed by atoms with Crippen LogP contribution in [0.15, 0.2) is 29.2 Å². The Bertz CT molecular complexity index is 704. The van der Waals surface area contributed by atoms with E-state index in [1.165, 1.54) is 0 Å². The summed E-state index contributed by atoms with van der Waals surface area (Å²) >= 11 is 0. The van der Waals surface area contributed by atoms with Crippen molar-refractivity contribution in [3.05, 3.63) is 46.0 Å². The largest absolute Gasteiger partial charge is 0.477 e. The van der Waals surface area contributed by atoms with E-state index in [4.69, 9.17) is 5.11 Å². The predicted octanol–water partition coefficient (Wildman–Crippen LogP) is 1.41. The zero-order chi connectivity index (χ0) is 13.4. The average molecular weight is 257 g/mol. The molecule has 96 valence electrons. The van der Waals surface area contributed by atoms with Crippen molar-refractivity contribution in [3.8, 4) is 11.5 Å². The summed E-state index contributed by atoms with van der Waals surface area (Å²) in [6.07, 6.45) is 3.96. The summed E-state index contributed by atoms with van der Waals surface area (Å²) in [5.74, 6) is -0.491. The zero-order valence-corrected chi connectivity index (χ0v) is 9.96. The number of aromatic nitrogens is 3. The van der Waals surface area contributed by atoms with E-state index in [1.807, 2.05) is 12.1 Å². The smallest absolute Gasteiger partial charge is 0.354 e. The Morgan fingerprint density at radius 3 is 2.84 bits per heavy atom. The van der Waals surface area contributed by atoms with Crippen molar-refractivity contribution in [2.24, 2.45) is 0 Å². The van der Waals surface area contributed by atoms with Gasteiger partial charge in [0.15, 0.2) is 11.5 Å². The van der Waals surface area contributed by atoms with E-state index in [9.17, 15) is 9.59 Å². The van der Waals surface area contributed by atoms with E-state index in [0.717, 1.165) is 24.5 Å². The molecule has 1 aliphatic carbocycles. The molecule has 1 aliphatic rings. The molecule has 0 unspecified atom stereocenters. The molecule has 0 atom stereocenters. The topological polar surface area (TPSA) is 95.9 Å². The van der Waals surface area contributed by atoms with Crippen LogP contribution in [0.1, 0.15) is 34.8 Å². The van der Waals surface area contributed by atoms with Gasteiger partial charge in [-0.3, -0.25) is 9.78 Å². The van der Waals surface area contributed by atoms with Gasteiger partial charge in [0.25, 0.3) is 5.56 Å². The summed E-state index contributed by atoms with van der Waals surface area (Å²) in [5, 5.41) is 8.90. The second-order valence-corrected chi connectivity index (χ2v) is 4.53. The van der Waals surface area contributed by atoms with E-state index in [2.05, 4.69) is 15.0 Å². The van der Waals surface area contributed by atoms with Gasteiger partial charge in [-0.2, -0.15) is 0 Å². The second-order valence-electron chi connectivity index (χ2n) is 4.53. The SMILES string of the molecule is O=C(O)c1cc(=O)[nH]c(-c2cc(C3CC3)ccn2)n1. The Hall–Kier alpha value is -2.50. The Balaban J connectivity index is 2.08. The molecular weight excluding hydrogens is 246 g/mol. The van der Waals surface area contributed by atoms with Crippen molar-refractivity contribution in [1.82, 2.24) is 15.0 Å². The molecule has 0 amide bonds. The third-order valence-electron chi connectivity index (χ3n) is 3.04. The molecule has 1 saturated carbocycles. The third kappa shape index (κ3) is 2.37. The highest BCUT2D eigenvalue weighted by Crippen LogP contribution is 2.40. The van der Waals surface area contributed by atoms with Gasteiger partial charge < -0.3 is 10.1 Å². The van der Waals surface area contributed by atoms with Crippen LogP contribution in [0.4, 0.5) is 0 Å². The van der Waals surface area contributed by atoms with Gasteiger partial charge in [0.1, 0.15) is 5.69 Å². The van der Waals surface area contributed by atoms with Crippen LogP contribution in [-0.2, 0) is 0 Å². The summed E-state index contributed by atoms with van der Waals surface area (Å²) in [4.78, 5) is 32.9. The first-order valence-corrected chi connectivity index (χ1v) is 5.94. The van der Waals surface area contributed by atoms with Crippen molar-refractivity contribution < 1.29 is 9.90 Å². The quantitative estimate of drug-likeness (QED) is 0.866. The molecule has 1 fully saturated rings. The maximum absolute atomic E-state index is 11.4. The maximum atomic E-state index is 11.4. The van der Waals surface area contributed by atoms with Crippen molar-refractivity contribution in [2.75, 3.05) is 0 Å². The number of pyridine rings is 1. The minimum atomic E-state index is -1.23. The van der Waals surface area contributed by atoms with Crippen LogP contribution in [0.3, 0.4) is 0 Å². The van der Waals surface area contributed by atoms with E-state index in [-0.39, 0.29) is 11.5 Å². The summed E-state index contributed by atoms with van der Waals surface area (Å²) < 4.78 is 0. The monoisotopic (exact) mass is 257 g/mol. The lowest BCUT2D eigenvalue weighted by Gasteiger charge is -2.03. The molecule has 3 rings (SSSR count). The number of carboxylic acid groups (broad SMARTS) is 1. The Morgan fingerprint density at radius 2 is 2.16 bits per heavy atom. The molecule has 0 bridgehead atoms. The first kappa shape index (κ1) is 11.6. The number of nitrogens with one attached hydrogen (secondary N) is 1. The van der Waals surface area contributed by atoms with Gasteiger partial charge in [0.05, 0.1) is 0 Å². The summed E-state index contributed by atoms with van der Waals surface area (Å²) in [5.41, 5.74) is 0.858. The predicted molar refractivity (Wildman–Crippen MR) is 67.0 cm³/mol. The molecule has 0 spiro atoms. The fourth-order valence-electron chi connectivity index (χ4n) is 1.94. The third-order valence-corrected chi connectivity index (χ3v) is 3.04. The molecule has 6 heteroatoms. The highest BCUT2D eigenvalue weighted by molar-refractivity contribution is 5.85. The molecule has 2 N–H and O–H groups in total. The molecule has 0 saturated heterocycles. The van der Waals surface area contributed by atoms with E-state index in [0.29, 0.717) is 11.6 Å². The molecule has 2 heterocycles. The van der Waals surface area contributed by atoms with Crippen molar-refractivity contribution >= 4 is 5.97 Å². The van der Waals surface area contributed by atoms with Gasteiger partial charge in [0, 0.05) is 12.3 Å². The summed E-state index contributed by atoms with van der Waals surface area (Å²) in [7, 11) is 0. The molecule has 19 heavy (non-hydrogen) atoms. The molecule has 2 aromatic rings. The molecule has 0 radical (unpaired) electrons. The number of carboxylic acids is 1. The summed E-state index contributed by atoms with van der Waals surface area (Å²) in [6.45, 7) is 0. The van der Waals surface area contributed by atoms with Crippen molar-refractivity contribution in [2.45, 2.75) is 18.8 Å². The average Bonchev–Trinajstić information content (AvgIpc) is 3.22. The van der Waals surface area contributed by atoms with Crippen LogP contribution < -0.4 is 5.56 Å². The van der Waals surface area contributed by atoms with Gasteiger partial charge in [-0.25, -0.2) is 9.78 Å². The van der Waals surface area contributed by atoms with E-state index < -0.39 is 11.5 Å². The number of aromatic carboxylic acids is 1. The highest BCUT2D eigenvalue weighted by Gasteiger charge is 2.24. The van der Waals surface area contributed by atoms with Gasteiger partial charge >= 0.3 is 5.97 Å². The van der Waals surface area contributed by atoms with Crippen LogP contribution >= 0.6 is 0 Å². The number of hydrogen-bond acceptors (Lipinski definition) is 4. The zero-order valence-electron chi connectivity index (χ0n) is 9.96. The normalized spacial score (nSPS) is 14.3. The van der Waals surface area contributed by atoms with Gasteiger partial charge in [-0.05, 0) is 36.5 Å². The first-order chi connectivity index (χ1) is 9.13. The number of H-pyrrole nitrogens is 1. The van der Waals surface area contributed by atoms with Gasteiger partial charge in [-0.1, -0.05) is 0 Å². The van der Waals surface area contributed by atoms with Crippen LogP contribution in [0.5, 0.6) is 0 Å². The maximum Gasteiger partial charge on any atom is 0.354 e. The van der Waals surface area contributed by atoms with Crippen LogP contribution in [0.25, 0.3) is 11.5 Å². The van der Waals surface area contributed by atoms with Gasteiger partial charge in [0.2, 0.25) is 0 Å². The lowest BCUT2D eigenvalue weighted by atomic mass is 10.1. The second kappa shape index (κ2) is 4.31. The molecule has 0 aliphatic heterocycles. The molecular formula is C13H11N3O3. The van der Waals surface area contributed by atoms with Crippen LogP contribution in [0.2, 0.25) is 0 Å². The first-order valence-electron chi connectivity index (χ1n) is 5.94. The molecule has 6 nitrogen and oxygen atoms in total. The summed E-state index contributed by atoms with van der Waals surface area (Å²) in [6, 6.07) is 4.73.